The maximum atomic E-state index is 12.4. The minimum atomic E-state index is -0.391. The largest absolute Gasteiger partial charge is 0.497 e. The summed E-state index contributed by atoms with van der Waals surface area (Å²) in [7, 11) is 1.61. The Bertz CT molecular complexity index is 875. The van der Waals surface area contributed by atoms with Crippen LogP contribution < -0.4 is 15.1 Å². The number of nitrogens with zero attached hydrogens (tertiary/aromatic N) is 2. The first kappa shape index (κ1) is 20.5. The number of methoxy groups -OCH3 is 1. The van der Waals surface area contributed by atoms with Gasteiger partial charge in [0.05, 0.1) is 37.3 Å². The van der Waals surface area contributed by atoms with E-state index in [2.05, 4.69) is 10.5 Å². The maximum absolute atomic E-state index is 12.4. The number of nitro benzene ring substituents is 1. The van der Waals surface area contributed by atoms with Gasteiger partial charge in [0, 0.05) is 30.5 Å². The van der Waals surface area contributed by atoms with Gasteiger partial charge in [-0.3, -0.25) is 14.9 Å². The van der Waals surface area contributed by atoms with Gasteiger partial charge in [-0.15, -0.1) is 0 Å². The van der Waals surface area contributed by atoms with Gasteiger partial charge in [0.15, 0.2) is 0 Å². The van der Waals surface area contributed by atoms with Crippen molar-refractivity contribution < 1.29 is 19.4 Å². The first-order valence-electron chi connectivity index (χ1n) is 9.59. The van der Waals surface area contributed by atoms with Crippen molar-refractivity contribution in [3.8, 4) is 5.75 Å². The zero-order chi connectivity index (χ0) is 20.6. The third-order valence-electron chi connectivity index (χ3n) is 5.15. The molecule has 152 valence electrons. The molecule has 0 spiro atoms. The van der Waals surface area contributed by atoms with Crippen molar-refractivity contribution in [3.63, 3.8) is 0 Å². The van der Waals surface area contributed by atoms with Crippen molar-refractivity contribution in [2.24, 2.45) is 11.0 Å². The van der Waals surface area contributed by atoms with Crippen molar-refractivity contribution in [3.05, 3.63) is 69.8 Å². The van der Waals surface area contributed by atoms with Gasteiger partial charge in [-0.1, -0.05) is 12.1 Å². The zero-order valence-electron chi connectivity index (χ0n) is 16.3. The standard InChI is InChI=1S/C21H24N4O4/c1-29-20-4-2-3-17(13-20)14-22-23-21(26)18-9-11-24(12-10-18)15-16-5-7-19(8-6-16)25(27)28/h2-8,13-14,18H,9-12,15H2,1H3,(H,23,26)/p+1/b22-14-. The molecule has 0 atom stereocenters. The van der Waals surface area contributed by atoms with Crippen molar-refractivity contribution in [1.82, 2.24) is 5.43 Å². The fourth-order valence-corrected chi connectivity index (χ4v) is 3.47. The number of hydrogen-bond donors (Lipinski definition) is 2. The van der Waals surface area contributed by atoms with Gasteiger partial charge in [0.25, 0.3) is 5.69 Å². The fraction of sp³-hybridized carbons (Fsp3) is 0.333. The molecule has 1 heterocycles. The number of amides is 1. The normalized spacial score (nSPS) is 19.1. The molecular weight excluding hydrogens is 372 g/mol. The molecule has 29 heavy (non-hydrogen) atoms. The summed E-state index contributed by atoms with van der Waals surface area (Å²) < 4.78 is 5.17. The molecule has 2 N–H and O–H groups in total. The number of carbonyl (C=O) groups excluding carboxylic acids is 1. The number of carbonyl (C=O) groups is 1. The van der Waals surface area contributed by atoms with E-state index in [-0.39, 0.29) is 17.5 Å². The Morgan fingerprint density at radius 1 is 1.28 bits per heavy atom. The number of rotatable bonds is 7. The Labute approximate surface area is 169 Å². The Morgan fingerprint density at radius 2 is 2.00 bits per heavy atom. The van der Waals surface area contributed by atoms with Crippen LogP contribution in [0.1, 0.15) is 24.0 Å². The molecule has 0 radical (unpaired) electrons. The van der Waals surface area contributed by atoms with E-state index in [1.165, 1.54) is 17.0 Å². The van der Waals surface area contributed by atoms with Crippen molar-refractivity contribution in [2.45, 2.75) is 19.4 Å². The van der Waals surface area contributed by atoms with Crippen LogP contribution in [-0.2, 0) is 11.3 Å². The van der Waals surface area contributed by atoms with E-state index < -0.39 is 4.92 Å². The van der Waals surface area contributed by atoms with Gasteiger partial charge >= 0.3 is 0 Å². The molecule has 8 heteroatoms. The van der Waals surface area contributed by atoms with Crippen LogP contribution in [0.3, 0.4) is 0 Å². The molecule has 2 aromatic carbocycles. The van der Waals surface area contributed by atoms with Crippen LogP contribution in [0, 0.1) is 16.0 Å². The maximum Gasteiger partial charge on any atom is 0.269 e. The Kier molecular flexibility index (Phi) is 6.91. The third kappa shape index (κ3) is 5.86. The van der Waals surface area contributed by atoms with Crippen LogP contribution in [0.5, 0.6) is 5.75 Å². The predicted octanol–water partition coefficient (Wildman–Crippen LogP) is 1.55. The number of nitro groups is 1. The van der Waals surface area contributed by atoms with Crippen LogP contribution in [0.15, 0.2) is 53.6 Å². The highest BCUT2D eigenvalue weighted by Crippen LogP contribution is 2.13. The van der Waals surface area contributed by atoms with Gasteiger partial charge in [-0.2, -0.15) is 5.10 Å². The average Bonchev–Trinajstić information content (AvgIpc) is 2.74. The minimum Gasteiger partial charge on any atom is -0.497 e. The first-order valence-corrected chi connectivity index (χ1v) is 9.59. The number of quaternary nitrogens is 1. The second-order valence-corrected chi connectivity index (χ2v) is 7.14. The number of benzene rings is 2. The van der Waals surface area contributed by atoms with E-state index in [1.807, 2.05) is 24.3 Å². The second-order valence-electron chi connectivity index (χ2n) is 7.14. The summed E-state index contributed by atoms with van der Waals surface area (Å²) in [5.74, 6) is 0.639. The van der Waals surface area contributed by atoms with E-state index in [0.29, 0.717) is 0 Å². The molecule has 1 aliphatic heterocycles. The Hall–Kier alpha value is -3.26. The van der Waals surface area contributed by atoms with Crippen LogP contribution in [0.2, 0.25) is 0 Å². The number of hydrogen-bond acceptors (Lipinski definition) is 5. The quantitative estimate of drug-likeness (QED) is 0.421. The second kappa shape index (κ2) is 9.79. The van der Waals surface area contributed by atoms with E-state index in [9.17, 15) is 14.9 Å². The molecule has 0 unspecified atom stereocenters. The van der Waals surface area contributed by atoms with Gasteiger partial charge in [-0.25, -0.2) is 5.43 Å². The summed E-state index contributed by atoms with van der Waals surface area (Å²) >= 11 is 0. The lowest BCUT2D eigenvalue weighted by atomic mass is 9.96. The molecule has 0 aromatic heterocycles. The molecule has 8 nitrogen and oxygen atoms in total. The summed E-state index contributed by atoms with van der Waals surface area (Å²) in [4.78, 5) is 24.1. The number of nitrogens with one attached hydrogen (secondary N) is 2. The van der Waals surface area contributed by atoms with Crippen LogP contribution in [-0.4, -0.2) is 37.2 Å². The van der Waals surface area contributed by atoms with Crippen molar-refractivity contribution in [2.75, 3.05) is 20.2 Å². The number of likely N-dealkylation sites (tertiary alicyclic amines) is 1. The lowest BCUT2D eigenvalue weighted by Gasteiger charge is -2.28. The minimum absolute atomic E-state index is 0.0435. The summed E-state index contributed by atoms with van der Waals surface area (Å²) in [6.07, 6.45) is 3.20. The highest BCUT2D eigenvalue weighted by Gasteiger charge is 2.27. The van der Waals surface area contributed by atoms with Crippen LogP contribution in [0.4, 0.5) is 5.69 Å². The van der Waals surface area contributed by atoms with E-state index >= 15 is 0 Å². The average molecular weight is 397 g/mol. The van der Waals surface area contributed by atoms with Crippen molar-refractivity contribution in [1.29, 1.82) is 0 Å². The number of non-ortho nitro benzene ring substituents is 1. The third-order valence-corrected chi connectivity index (χ3v) is 5.15. The molecule has 1 saturated heterocycles. The molecule has 0 aliphatic carbocycles. The van der Waals surface area contributed by atoms with E-state index in [4.69, 9.17) is 4.74 Å². The number of ether oxygens (including phenoxy) is 1. The summed E-state index contributed by atoms with van der Waals surface area (Å²) in [6.45, 7) is 2.57. The van der Waals surface area contributed by atoms with Crippen LogP contribution in [0.25, 0.3) is 0 Å². The molecule has 1 aliphatic rings. The monoisotopic (exact) mass is 397 g/mol. The van der Waals surface area contributed by atoms with Crippen LogP contribution >= 0.6 is 0 Å². The number of piperidine rings is 1. The van der Waals surface area contributed by atoms with Gasteiger partial charge in [0.2, 0.25) is 5.91 Å². The van der Waals surface area contributed by atoms with Crippen molar-refractivity contribution >= 4 is 17.8 Å². The first-order chi connectivity index (χ1) is 14.0. The molecule has 1 amide bonds. The topological polar surface area (TPSA) is 98.3 Å². The zero-order valence-corrected chi connectivity index (χ0v) is 16.3. The SMILES string of the molecule is COc1cccc(/C=N\NC(=O)C2CC[NH+](Cc3ccc([N+](=O)[O-])cc3)CC2)c1. The predicted molar refractivity (Wildman–Crippen MR) is 109 cm³/mol. The molecule has 0 bridgehead atoms. The van der Waals surface area contributed by atoms with Gasteiger partial charge in [-0.05, 0) is 29.8 Å². The van der Waals surface area contributed by atoms with Gasteiger partial charge in [0.1, 0.15) is 12.3 Å². The smallest absolute Gasteiger partial charge is 0.269 e. The highest BCUT2D eigenvalue weighted by atomic mass is 16.6. The van der Waals surface area contributed by atoms with E-state index in [0.717, 1.165) is 49.4 Å². The molecule has 2 aromatic rings. The summed E-state index contributed by atoms with van der Waals surface area (Å²) in [6, 6.07) is 14.1. The highest BCUT2D eigenvalue weighted by molar-refractivity contribution is 5.83. The van der Waals surface area contributed by atoms with E-state index in [1.54, 1.807) is 25.5 Å². The Balaban J connectivity index is 1.44. The summed E-state index contributed by atoms with van der Waals surface area (Å²) in [5, 5.41) is 14.8. The lowest BCUT2D eigenvalue weighted by Crippen LogP contribution is -3.11. The lowest BCUT2D eigenvalue weighted by molar-refractivity contribution is -0.919. The fourth-order valence-electron chi connectivity index (χ4n) is 3.47. The molecule has 1 fully saturated rings. The number of hydrazone groups is 1. The molecule has 3 rings (SSSR count). The summed E-state index contributed by atoms with van der Waals surface area (Å²) in [5.41, 5.74) is 4.66. The Morgan fingerprint density at radius 3 is 2.66 bits per heavy atom. The van der Waals surface area contributed by atoms with Gasteiger partial charge < -0.3 is 9.64 Å². The molecular formula is C21H25N4O4+. The molecule has 0 saturated carbocycles.